The van der Waals surface area contributed by atoms with Crippen LogP contribution < -0.4 is 14.8 Å². The van der Waals surface area contributed by atoms with Gasteiger partial charge >= 0.3 is 11.6 Å². The molecule has 7 heteroatoms. The van der Waals surface area contributed by atoms with Gasteiger partial charge in [0, 0.05) is 12.6 Å². The minimum absolute atomic E-state index is 0.0522. The van der Waals surface area contributed by atoms with Crippen molar-refractivity contribution in [2.24, 2.45) is 0 Å². The van der Waals surface area contributed by atoms with Crippen LogP contribution in [0.4, 0.5) is 11.5 Å². The number of anilines is 1. The van der Waals surface area contributed by atoms with Crippen molar-refractivity contribution in [2.75, 3.05) is 19.0 Å². The van der Waals surface area contributed by atoms with Crippen molar-refractivity contribution in [3.05, 3.63) is 46.5 Å². The molecule has 0 radical (unpaired) electrons. The zero-order valence-corrected chi connectivity index (χ0v) is 11.7. The van der Waals surface area contributed by atoms with Crippen molar-refractivity contribution >= 4 is 11.5 Å². The van der Waals surface area contributed by atoms with Crippen molar-refractivity contribution in [3.63, 3.8) is 0 Å². The van der Waals surface area contributed by atoms with Crippen molar-refractivity contribution < 1.29 is 14.4 Å². The van der Waals surface area contributed by atoms with E-state index in [1.54, 1.807) is 37.4 Å². The number of hydrogen-bond donors (Lipinski definition) is 1. The quantitative estimate of drug-likeness (QED) is 0.649. The van der Waals surface area contributed by atoms with Crippen molar-refractivity contribution in [2.45, 2.75) is 6.92 Å². The summed E-state index contributed by atoms with van der Waals surface area (Å²) >= 11 is 0. The monoisotopic (exact) mass is 289 g/mol. The lowest BCUT2D eigenvalue weighted by atomic mass is 10.3. The zero-order chi connectivity index (χ0) is 15.2. The number of nitro groups is 1. The fraction of sp³-hybridized carbons (Fsp3) is 0.214. The number of nitrogens with zero attached hydrogens (tertiary/aromatic N) is 2. The Labute approximate surface area is 121 Å². The van der Waals surface area contributed by atoms with E-state index >= 15 is 0 Å². The molecule has 0 saturated heterocycles. The third kappa shape index (κ3) is 3.59. The van der Waals surface area contributed by atoms with Crippen LogP contribution in [-0.4, -0.2) is 23.6 Å². The van der Waals surface area contributed by atoms with Gasteiger partial charge in [-0.1, -0.05) is 0 Å². The SMILES string of the molecule is CCNc1ccc([N+](=O)[O-])c(Oc2ccc(OC)cc2)n1. The second-order valence-corrected chi connectivity index (χ2v) is 4.09. The molecule has 0 spiro atoms. The highest BCUT2D eigenvalue weighted by Crippen LogP contribution is 2.31. The first kappa shape index (κ1) is 14.6. The van der Waals surface area contributed by atoms with Gasteiger partial charge in [-0.2, -0.15) is 4.98 Å². The lowest BCUT2D eigenvalue weighted by Crippen LogP contribution is -2.02. The van der Waals surface area contributed by atoms with E-state index < -0.39 is 4.92 Å². The second kappa shape index (κ2) is 6.56. The average Bonchev–Trinajstić information content (AvgIpc) is 2.48. The molecule has 21 heavy (non-hydrogen) atoms. The van der Waals surface area contributed by atoms with Gasteiger partial charge in [0.25, 0.3) is 0 Å². The van der Waals surface area contributed by atoms with Crippen LogP contribution in [0.1, 0.15) is 6.92 Å². The van der Waals surface area contributed by atoms with E-state index in [4.69, 9.17) is 9.47 Å². The van der Waals surface area contributed by atoms with Crippen molar-refractivity contribution in [3.8, 4) is 17.4 Å². The van der Waals surface area contributed by atoms with E-state index in [9.17, 15) is 10.1 Å². The highest BCUT2D eigenvalue weighted by atomic mass is 16.6. The van der Waals surface area contributed by atoms with Crippen LogP contribution in [0.2, 0.25) is 0 Å². The number of pyridine rings is 1. The van der Waals surface area contributed by atoms with Gasteiger partial charge in [0.15, 0.2) is 0 Å². The molecule has 0 saturated carbocycles. The summed E-state index contributed by atoms with van der Waals surface area (Å²) < 4.78 is 10.6. The Kier molecular flexibility index (Phi) is 4.55. The lowest BCUT2D eigenvalue weighted by molar-refractivity contribution is -0.386. The molecule has 2 aromatic rings. The maximum absolute atomic E-state index is 11.0. The summed E-state index contributed by atoms with van der Waals surface area (Å²) in [7, 11) is 1.56. The Bertz CT molecular complexity index is 629. The predicted molar refractivity (Wildman–Crippen MR) is 78.1 cm³/mol. The van der Waals surface area contributed by atoms with E-state index in [1.165, 1.54) is 6.07 Å². The number of nitrogens with one attached hydrogen (secondary N) is 1. The predicted octanol–water partition coefficient (Wildman–Crippen LogP) is 3.22. The Hall–Kier alpha value is -2.83. The zero-order valence-electron chi connectivity index (χ0n) is 11.7. The smallest absolute Gasteiger partial charge is 0.331 e. The molecule has 0 aliphatic heterocycles. The summed E-state index contributed by atoms with van der Waals surface area (Å²) in [4.78, 5) is 14.6. The molecule has 2 rings (SSSR count). The van der Waals surface area contributed by atoms with Gasteiger partial charge in [0.2, 0.25) is 0 Å². The number of ether oxygens (including phenoxy) is 2. The van der Waals surface area contributed by atoms with E-state index in [0.717, 1.165) is 0 Å². The Morgan fingerprint density at radius 2 is 1.86 bits per heavy atom. The Balaban J connectivity index is 2.30. The van der Waals surface area contributed by atoms with E-state index in [0.29, 0.717) is 23.9 Å². The summed E-state index contributed by atoms with van der Waals surface area (Å²) in [6, 6.07) is 9.63. The maximum atomic E-state index is 11.0. The molecule has 0 amide bonds. The molecule has 0 bridgehead atoms. The topological polar surface area (TPSA) is 86.5 Å². The summed E-state index contributed by atoms with van der Waals surface area (Å²) in [5.74, 6) is 1.58. The van der Waals surface area contributed by atoms with Gasteiger partial charge in [0.1, 0.15) is 17.3 Å². The van der Waals surface area contributed by atoms with Gasteiger partial charge < -0.3 is 14.8 Å². The van der Waals surface area contributed by atoms with E-state index in [-0.39, 0.29) is 11.6 Å². The minimum atomic E-state index is -0.526. The molecule has 0 unspecified atom stereocenters. The number of aromatic nitrogens is 1. The summed E-state index contributed by atoms with van der Waals surface area (Å²) in [5.41, 5.74) is -0.188. The molecule has 0 aliphatic carbocycles. The summed E-state index contributed by atoms with van der Waals surface area (Å²) in [5, 5.41) is 14.0. The molecule has 1 heterocycles. The first-order chi connectivity index (χ1) is 10.1. The second-order valence-electron chi connectivity index (χ2n) is 4.09. The van der Waals surface area contributed by atoms with Gasteiger partial charge in [0.05, 0.1) is 12.0 Å². The van der Waals surface area contributed by atoms with Crippen LogP contribution in [-0.2, 0) is 0 Å². The number of hydrogen-bond acceptors (Lipinski definition) is 6. The third-order valence-electron chi connectivity index (χ3n) is 2.67. The fourth-order valence-corrected chi connectivity index (χ4v) is 1.68. The van der Waals surface area contributed by atoms with Gasteiger partial charge in [-0.3, -0.25) is 10.1 Å². The third-order valence-corrected chi connectivity index (χ3v) is 2.67. The van der Waals surface area contributed by atoms with Gasteiger partial charge in [-0.15, -0.1) is 0 Å². The van der Waals surface area contributed by atoms with Crippen LogP contribution in [0.25, 0.3) is 0 Å². The molecule has 1 aromatic heterocycles. The molecule has 1 N–H and O–H groups in total. The van der Waals surface area contributed by atoms with Crippen LogP contribution >= 0.6 is 0 Å². The molecule has 110 valence electrons. The Morgan fingerprint density at radius 1 is 1.19 bits per heavy atom. The first-order valence-electron chi connectivity index (χ1n) is 6.35. The summed E-state index contributed by atoms with van der Waals surface area (Å²) in [6.07, 6.45) is 0. The first-order valence-corrected chi connectivity index (χ1v) is 6.35. The highest BCUT2D eigenvalue weighted by molar-refractivity contribution is 5.50. The molecular weight excluding hydrogens is 274 g/mol. The van der Waals surface area contributed by atoms with Crippen LogP contribution in [0.3, 0.4) is 0 Å². The van der Waals surface area contributed by atoms with Gasteiger partial charge in [-0.05, 0) is 37.3 Å². The van der Waals surface area contributed by atoms with Crippen molar-refractivity contribution in [1.82, 2.24) is 4.98 Å². The average molecular weight is 289 g/mol. The molecule has 0 aliphatic rings. The number of benzene rings is 1. The standard InChI is InChI=1S/C14H15N3O4/c1-3-15-13-9-8-12(17(18)19)14(16-13)21-11-6-4-10(20-2)5-7-11/h4-9H,3H2,1-2H3,(H,15,16). The molecule has 1 aromatic carbocycles. The van der Waals surface area contributed by atoms with Crippen LogP contribution in [0.15, 0.2) is 36.4 Å². The summed E-state index contributed by atoms with van der Waals surface area (Å²) in [6.45, 7) is 2.57. The lowest BCUT2D eigenvalue weighted by Gasteiger charge is -2.08. The normalized spacial score (nSPS) is 10.0. The number of methoxy groups -OCH3 is 1. The fourth-order valence-electron chi connectivity index (χ4n) is 1.68. The largest absolute Gasteiger partial charge is 0.497 e. The van der Waals surface area contributed by atoms with Crippen LogP contribution in [0, 0.1) is 10.1 Å². The van der Waals surface area contributed by atoms with E-state index in [1.807, 2.05) is 6.92 Å². The molecule has 0 atom stereocenters. The number of rotatable bonds is 6. The molecule has 7 nitrogen and oxygen atoms in total. The molecule has 0 fully saturated rings. The highest BCUT2D eigenvalue weighted by Gasteiger charge is 2.18. The maximum Gasteiger partial charge on any atom is 0.331 e. The minimum Gasteiger partial charge on any atom is -0.497 e. The molecular formula is C14H15N3O4. The van der Waals surface area contributed by atoms with Crippen molar-refractivity contribution in [1.29, 1.82) is 0 Å². The van der Waals surface area contributed by atoms with Gasteiger partial charge in [-0.25, -0.2) is 0 Å². The Morgan fingerprint density at radius 3 is 2.43 bits per heavy atom. The van der Waals surface area contributed by atoms with E-state index in [2.05, 4.69) is 10.3 Å². The van der Waals surface area contributed by atoms with Crippen LogP contribution in [0.5, 0.6) is 17.4 Å².